The van der Waals surface area contributed by atoms with Gasteiger partial charge in [-0.2, -0.15) is 0 Å². The number of Topliss-reactive ketones (excluding diaryl/α,β-unsaturated/α-hetero) is 1. The van der Waals surface area contributed by atoms with E-state index in [9.17, 15) is 4.79 Å². The van der Waals surface area contributed by atoms with Gasteiger partial charge in [0, 0.05) is 12.4 Å². The predicted molar refractivity (Wildman–Crippen MR) is 53.8 cm³/mol. The van der Waals surface area contributed by atoms with Gasteiger partial charge >= 0.3 is 0 Å². The number of nitrogens with one attached hydrogen (secondary N) is 1. The Morgan fingerprint density at radius 1 is 1.57 bits per heavy atom. The van der Waals surface area contributed by atoms with Crippen molar-refractivity contribution in [3.05, 3.63) is 18.2 Å². The van der Waals surface area contributed by atoms with Crippen LogP contribution in [0.4, 0.5) is 0 Å². The third-order valence-corrected chi connectivity index (χ3v) is 2.04. The van der Waals surface area contributed by atoms with Gasteiger partial charge in [0.25, 0.3) is 0 Å². The Morgan fingerprint density at radius 2 is 2.36 bits per heavy atom. The van der Waals surface area contributed by atoms with Crippen LogP contribution in [0.2, 0.25) is 0 Å². The molecule has 1 atom stereocenters. The largest absolute Gasteiger partial charge is 0.342 e. The lowest BCUT2D eigenvalue weighted by Crippen LogP contribution is -2.31. The Hall–Kier alpha value is -1.20. The van der Waals surface area contributed by atoms with E-state index in [1.165, 1.54) is 0 Å². The molecule has 0 bridgehead atoms. The highest BCUT2D eigenvalue weighted by atomic mass is 16.1. The fourth-order valence-electron chi connectivity index (χ4n) is 1.22. The van der Waals surface area contributed by atoms with Crippen LogP contribution in [0.1, 0.15) is 29.9 Å². The fourth-order valence-corrected chi connectivity index (χ4v) is 1.22. The number of hydrogen-bond donors (Lipinski definition) is 3. The van der Waals surface area contributed by atoms with Gasteiger partial charge in [-0.3, -0.25) is 4.79 Å². The van der Waals surface area contributed by atoms with Crippen LogP contribution in [0.3, 0.4) is 0 Å². The van der Waals surface area contributed by atoms with Gasteiger partial charge in [0.15, 0.2) is 5.82 Å². The summed E-state index contributed by atoms with van der Waals surface area (Å²) < 4.78 is 0. The summed E-state index contributed by atoms with van der Waals surface area (Å²) >= 11 is 0. The van der Waals surface area contributed by atoms with Crippen molar-refractivity contribution < 1.29 is 4.79 Å². The van der Waals surface area contributed by atoms with Crippen LogP contribution in [0.15, 0.2) is 12.4 Å². The number of nitrogens with zero attached hydrogens (tertiary/aromatic N) is 1. The SMILES string of the molecule is NCCCCC(N)C(=O)c1ncc[nH]1. The molecule has 5 N–H and O–H groups in total. The summed E-state index contributed by atoms with van der Waals surface area (Å²) in [6, 6.07) is -0.465. The number of H-pyrrole nitrogens is 1. The zero-order chi connectivity index (χ0) is 10.4. The summed E-state index contributed by atoms with van der Waals surface area (Å²) in [4.78, 5) is 18.1. The average molecular weight is 196 g/mol. The molecule has 0 fully saturated rings. The van der Waals surface area contributed by atoms with Gasteiger partial charge in [-0.25, -0.2) is 4.98 Å². The molecule has 14 heavy (non-hydrogen) atoms. The number of unbranched alkanes of at least 4 members (excludes halogenated alkanes) is 1. The minimum Gasteiger partial charge on any atom is -0.342 e. The third kappa shape index (κ3) is 2.93. The summed E-state index contributed by atoms with van der Waals surface area (Å²) in [5, 5.41) is 0. The molecular formula is C9H16N4O. The van der Waals surface area contributed by atoms with Crippen molar-refractivity contribution >= 4 is 5.78 Å². The Balaban J connectivity index is 2.37. The van der Waals surface area contributed by atoms with Crippen LogP contribution in [0, 0.1) is 0 Å². The summed E-state index contributed by atoms with van der Waals surface area (Å²) in [6.45, 7) is 0.641. The normalized spacial score (nSPS) is 12.7. The zero-order valence-corrected chi connectivity index (χ0v) is 8.07. The Bertz CT molecular complexity index is 270. The minimum absolute atomic E-state index is 0.132. The molecule has 0 aliphatic rings. The first kappa shape index (κ1) is 10.9. The highest BCUT2D eigenvalue weighted by molar-refractivity contribution is 5.96. The molecule has 0 saturated carbocycles. The average Bonchev–Trinajstić information content (AvgIpc) is 2.69. The number of aromatic nitrogens is 2. The number of aromatic amines is 1. The topological polar surface area (TPSA) is 97.8 Å². The predicted octanol–water partition coefficient (Wildman–Crippen LogP) is 0.0487. The van der Waals surface area contributed by atoms with E-state index < -0.39 is 6.04 Å². The van der Waals surface area contributed by atoms with Crippen LogP contribution >= 0.6 is 0 Å². The van der Waals surface area contributed by atoms with Crippen LogP contribution in [0.5, 0.6) is 0 Å². The van der Waals surface area contributed by atoms with E-state index in [1.54, 1.807) is 12.4 Å². The molecule has 1 aromatic rings. The first-order valence-electron chi connectivity index (χ1n) is 4.75. The third-order valence-electron chi connectivity index (χ3n) is 2.04. The van der Waals surface area contributed by atoms with Gasteiger partial charge < -0.3 is 16.5 Å². The molecule has 0 aliphatic heterocycles. The van der Waals surface area contributed by atoms with Gasteiger partial charge in [-0.1, -0.05) is 6.42 Å². The number of hydrogen-bond acceptors (Lipinski definition) is 4. The van der Waals surface area contributed by atoms with E-state index in [4.69, 9.17) is 11.5 Å². The first-order chi connectivity index (χ1) is 6.75. The Morgan fingerprint density at radius 3 is 2.93 bits per heavy atom. The summed E-state index contributed by atoms with van der Waals surface area (Å²) in [7, 11) is 0. The molecule has 78 valence electrons. The van der Waals surface area contributed by atoms with E-state index in [2.05, 4.69) is 9.97 Å². The van der Waals surface area contributed by atoms with Gasteiger partial charge in [0.05, 0.1) is 6.04 Å². The lowest BCUT2D eigenvalue weighted by Gasteiger charge is -2.07. The molecule has 5 nitrogen and oxygen atoms in total. The van der Waals surface area contributed by atoms with E-state index in [-0.39, 0.29) is 5.78 Å². The summed E-state index contributed by atoms with van der Waals surface area (Å²) in [5.41, 5.74) is 11.0. The maximum Gasteiger partial charge on any atom is 0.214 e. The lowest BCUT2D eigenvalue weighted by atomic mass is 10.1. The number of nitrogens with two attached hydrogens (primary N) is 2. The highest BCUT2D eigenvalue weighted by Crippen LogP contribution is 2.03. The van der Waals surface area contributed by atoms with Crippen molar-refractivity contribution in [2.75, 3.05) is 6.54 Å². The number of imidazole rings is 1. The summed E-state index contributed by atoms with van der Waals surface area (Å²) in [5.74, 6) is 0.206. The van der Waals surface area contributed by atoms with Crippen molar-refractivity contribution in [2.45, 2.75) is 25.3 Å². The molecule has 0 amide bonds. The van der Waals surface area contributed by atoms with Crippen molar-refractivity contribution in [2.24, 2.45) is 11.5 Å². The van der Waals surface area contributed by atoms with E-state index in [0.29, 0.717) is 18.8 Å². The number of ketones is 1. The quantitative estimate of drug-likeness (QED) is 0.442. The monoisotopic (exact) mass is 196 g/mol. The second-order valence-electron chi connectivity index (χ2n) is 3.19. The summed E-state index contributed by atoms with van der Waals surface area (Å²) in [6.07, 6.45) is 5.60. The van der Waals surface area contributed by atoms with E-state index in [0.717, 1.165) is 12.8 Å². The van der Waals surface area contributed by atoms with Gasteiger partial charge in [-0.15, -0.1) is 0 Å². The zero-order valence-electron chi connectivity index (χ0n) is 8.07. The highest BCUT2D eigenvalue weighted by Gasteiger charge is 2.16. The van der Waals surface area contributed by atoms with Gasteiger partial charge in [0.2, 0.25) is 5.78 Å². The molecule has 0 saturated heterocycles. The molecule has 5 heteroatoms. The molecule has 1 unspecified atom stereocenters. The van der Waals surface area contributed by atoms with Crippen LogP contribution in [-0.4, -0.2) is 28.3 Å². The van der Waals surface area contributed by atoms with Crippen molar-refractivity contribution in [1.29, 1.82) is 0 Å². The molecule has 1 heterocycles. The van der Waals surface area contributed by atoms with Crippen LogP contribution < -0.4 is 11.5 Å². The number of carbonyl (C=O) groups is 1. The molecule has 1 rings (SSSR count). The molecule has 0 aliphatic carbocycles. The van der Waals surface area contributed by atoms with Gasteiger partial charge in [0.1, 0.15) is 0 Å². The van der Waals surface area contributed by atoms with Gasteiger partial charge in [-0.05, 0) is 19.4 Å². The Kier molecular flexibility index (Phi) is 4.28. The van der Waals surface area contributed by atoms with Crippen LogP contribution in [0.25, 0.3) is 0 Å². The van der Waals surface area contributed by atoms with Crippen LogP contribution in [-0.2, 0) is 0 Å². The van der Waals surface area contributed by atoms with Crippen molar-refractivity contribution in [3.8, 4) is 0 Å². The second kappa shape index (κ2) is 5.51. The fraction of sp³-hybridized carbons (Fsp3) is 0.556. The molecular weight excluding hydrogens is 180 g/mol. The van der Waals surface area contributed by atoms with Crippen molar-refractivity contribution in [1.82, 2.24) is 9.97 Å². The van der Waals surface area contributed by atoms with E-state index >= 15 is 0 Å². The molecule has 0 aromatic carbocycles. The number of rotatable bonds is 6. The lowest BCUT2D eigenvalue weighted by molar-refractivity contribution is 0.0947. The van der Waals surface area contributed by atoms with E-state index in [1.807, 2.05) is 0 Å². The maximum atomic E-state index is 11.5. The Labute approximate surface area is 82.9 Å². The molecule has 1 aromatic heterocycles. The second-order valence-corrected chi connectivity index (χ2v) is 3.19. The standard InChI is InChI=1S/C9H16N4O/c10-4-2-1-3-7(11)8(14)9-12-5-6-13-9/h5-7H,1-4,10-11H2,(H,12,13). The van der Waals surface area contributed by atoms with Crippen molar-refractivity contribution in [3.63, 3.8) is 0 Å². The molecule has 0 spiro atoms. The first-order valence-corrected chi connectivity index (χ1v) is 4.75. The molecule has 0 radical (unpaired) electrons. The maximum absolute atomic E-state index is 11.5. The minimum atomic E-state index is -0.465. The number of carbonyl (C=O) groups excluding carboxylic acids is 1. The smallest absolute Gasteiger partial charge is 0.214 e.